The number of rotatable bonds is 10. The lowest BCUT2D eigenvalue weighted by atomic mass is 9.99. The highest BCUT2D eigenvalue weighted by Gasteiger charge is 2.47. The van der Waals surface area contributed by atoms with E-state index in [9.17, 15) is 36.8 Å². The van der Waals surface area contributed by atoms with Gasteiger partial charge in [0.1, 0.15) is 17.5 Å². The van der Waals surface area contributed by atoms with Crippen LogP contribution in [-0.2, 0) is 9.59 Å². The van der Waals surface area contributed by atoms with Gasteiger partial charge in [-0.1, -0.05) is 6.07 Å². The molecule has 0 saturated carbocycles. The van der Waals surface area contributed by atoms with Crippen LogP contribution in [0.15, 0.2) is 48.7 Å². The number of aromatic nitrogens is 1. The molecule has 2 aliphatic rings. The maximum atomic E-state index is 13.8. The minimum absolute atomic E-state index is 0.273. The van der Waals surface area contributed by atoms with Crippen LogP contribution in [-0.4, -0.2) is 115 Å². The summed E-state index contributed by atoms with van der Waals surface area (Å²) < 4.78 is 71.0. The molecule has 3 N–H and O–H groups in total. The molecule has 2 saturated heterocycles. The van der Waals surface area contributed by atoms with Gasteiger partial charge in [0.25, 0.3) is 11.8 Å². The van der Waals surface area contributed by atoms with Crippen molar-refractivity contribution in [1.82, 2.24) is 25.4 Å². The second-order valence-corrected chi connectivity index (χ2v) is 11.5. The van der Waals surface area contributed by atoms with Crippen LogP contribution in [0, 0.1) is 11.3 Å². The number of carbonyl (C=O) groups excluding carboxylic acids is 2. The number of fused-ring (bicyclic) bond motifs is 1. The summed E-state index contributed by atoms with van der Waals surface area (Å²) >= 11 is 0. The van der Waals surface area contributed by atoms with Crippen molar-refractivity contribution in [3.05, 3.63) is 54.2 Å². The van der Waals surface area contributed by atoms with Crippen molar-refractivity contribution in [3.8, 4) is 28.7 Å². The van der Waals surface area contributed by atoms with E-state index in [2.05, 4.69) is 20.5 Å². The van der Waals surface area contributed by atoms with E-state index >= 15 is 0 Å². The third-order valence-electron chi connectivity index (χ3n) is 7.95. The molecule has 1 aromatic heterocycles. The quantitative estimate of drug-likeness (QED) is 0.210. The van der Waals surface area contributed by atoms with Gasteiger partial charge in [0.15, 0.2) is 0 Å². The monoisotopic (exact) mass is 706 g/mol. The van der Waals surface area contributed by atoms with Crippen molar-refractivity contribution in [2.75, 3.05) is 59.5 Å². The number of hydrogen-bond donors (Lipinski definition) is 3. The summed E-state index contributed by atoms with van der Waals surface area (Å²) in [5.41, 5.74) is 2.45. The molecule has 268 valence electrons. The standard InChI is InChI=1S/C31H34F2N6O4.C2HF3O2/c1-42-23-4-5-24(28(16-23)43-14-2-11-38-12-9-35-10-13-38)21-3-6-27-26(15-21)25(7-8-36-27)30(41)37-19-29(40)39-20-31(32,33)17-22(39)18-34;3-2(4,5)1(6)7/h3-8,15-16,22,35H,2,9-14,17,19-20H2,1H3,(H,37,41);(H,6,7)/t22-;/m0./s1. The van der Waals surface area contributed by atoms with Crippen molar-refractivity contribution in [1.29, 1.82) is 5.26 Å². The number of pyridine rings is 1. The largest absolute Gasteiger partial charge is 0.497 e. The van der Waals surface area contributed by atoms with E-state index in [1.165, 1.54) is 12.3 Å². The highest BCUT2D eigenvalue weighted by Crippen LogP contribution is 2.36. The molecule has 17 heteroatoms. The van der Waals surface area contributed by atoms with Gasteiger partial charge < -0.3 is 35.0 Å². The van der Waals surface area contributed by atoms with Gasteiger partial charge in [0, 0.05) is 62.4 Å². The van der Waals surface area contributed by atoms with Crippen LogP contribution in [0.1, 0.15) is 23.2 Å². The van der Waals surface area contributed by atoms with Gasteiger partial charge >= 0.3 is 12.1 Å². The van der Waals surface area contributed by atoms with Crippen LogP contribution in [0.5, 0.6) is 11.5 Å². The summed E-state index contributed by atoms with van der Waals surface area (Å²) in [5.74, 6) is -5.89. The summed E-state index contributed by atoms with van der Waals surface area (Å²) in [6.07, 6.45) is -3.44. The summed E-state index contributed by atoms with van der Waals surface area (Å²) in [6.45, 7) is 4.14. The Balaban J connectivity index is 0.000000727. The minimum atomic E-state index is -5.08. The number of aliphatic carboxylic acids is 1. The lowest BCUT2D eigenvalue weighted by Gasteiger charge is -2.27. The van der Waals surface area contributed by atoms with Crippen molar-refractivity contribution in [2.24, 2.45) is 0 Å². The van der Waals surface area contributed by atoms with Gasteiger partial charge in [0.05, 0.1) is 44.0 Å². The van der Waals surface area contributed by atoms with E-state index in [1.807, 2.05) is 30.3 Å². The van der Waals surface area contributed by atoms with Crippen molar-refractivity contribution >= 4 is 28.7 Å². The molecule has 5 rings (SSSR count). The number of nitrogens with zero attached hydrogens (tertiary/aromatic N) is 4. The van der Waals surface area contributed by atoms with Gasteiger partial charge in [-0.2, -0.15) is 18.4 Å². The van der Waals surface area contributed by atoms with Gasteiger partial charge in [-0.15, -0.1) is 0 Å². The number of methoxy groups -OCH3 is 1. The first-order valence-corrected chi connectivity index (χ1v) is 15.5. The molecule has 1 atom stereocenters. The number of halogens is 5. The fraction of sp³-hybridized carbons (Fsp3) is 0.424. The van der Waals surface area contributed by atoms with Crippen LogP contribution in [0.3, 0.4) is 0 Å². The molecule has 0 aliphatic carbocycles. The topological polar surface area (TPSA) is 157 Å². The maximum Gasteiger partial charge on any atom is 0.490 e. The number of carboxylic acid groups (broad SMARTS) is 1. The Hall–Kier alpha value is -5.08. The fourth-order valence-electron chi connectivity index (χ4n) is 5.45. The zero-order valence-corrected chi connectivity index (χ0v) is 26.9. The number of alkyl halides is 5. The number of ether oxygens (including phenoxy) is 2. The second-order valence-electron chi connectivity index (χ2n) is 11.5. The van der Waals surface area contributed by atoms with Gasteiger partial charge in [-0.3, -0.25) is 14.6 Å². The lowest BCUT2D eigenvalue weighted by Crippen LogP contribution is -2.43. The van der Waals surface area contributed by atoms with E-state index in [4.69, 9.17) is 19.4 Å². The van der Waals surface area contributed by atoms with Crippen LogP contribution in [0.25, 0.3) is 22.0 Å². The molecule has 0 unspecified atom stereocenters. The van der Waals surface area contributed by atoms with Crippen molar-refractivity contribution in [3.63, 3.8) is 0 Å². The lowest BCUT2D eigenvalue weighted by molar-refractivity contribution is -0.192. The fourth-order valence-corrected chi connectivity index (χ4v) is 5.45. The number of nitrogens with one attached hydrogen (secondary N) is 2. The Labute approximate surface area is 283 Å². The van der Waals surface area contributed by atoms with E-state index in [0.717, 1.165) is 55.2 Å². The minimum Gasteiger partial charge on any atom is -0.497 e. The molecule has 2 amide bonds. The number of likely N-dealkylation sites (tertiary alicyclic amines) is 1. The first-order valence-electron chi connectivity index (χ1n) is 15.5. The summed E-state index contributed by atoms with van der Waals surface area (Å²) in [7, 11) is 1.59. The summed E-state index contributed by atoms with van der Waals surface area (Å²) in [6, 6.07) is 13.2. The average molecular weight is 707 g/mol. The van der Waals surface area contributed by atoms with Crippen molar-refractivity contribution < 1.29 is 50.9 Å². The van der Waals surface area contributed by atoms with Crippen LogP contribution >= 0.6 is 0 Å². The molecule has 2 fully saturated rings. The molecule has 50 heavy (non-hydrogen) atoms. The number of benzene rings is 2. The highest BCUT2D eigenvalue weighted by atomic mass is 19.4. The third kappa shape index (κ3) is 9.98. The van der Waals surface area contributed by atoms with Gasteiger partial charge in [-0.25, -0.2) is 13.6 Å². The van der Waals surface area contributed by atoms with Crippen LogP contribution in [0.4, 0.5) is 22.0 Å². The SMILES string of the molecule is COc1ccc(-c2ccc3nccc(C(=O)NCC(=O)N4CC(F)(F)C[C@H]4C#N)c3c2)c(OCCCN2CCNCC2)c1.O=C(O)C(F)(F)F. The Kier molecular flexibility index (Phi) is 12.5. The average Bonchev–Trinajstić information content (AvgIpc) is 3.43. The zero-order chi connectivity index (χ0) is 36.5. The smallest absolute Gasteiger partial charge is 0.490 e. The van der Waals surface area contributed by atoms with Gasteiger partial charge in [0.2, 0.25) is 5.91 Å². The summed E-state index contributed by atoms with van der Waals surface area (Å²) in [5, 5.41) is 22.7. The Bertz CT molecular complexity index is 1730. The normalized spacial score (nSPS) is 17.3. The summed E-state index contributed by atoms with van der Waals surface area (Å²) in [4.78, 5) is 42.3. The number of carboxylic acids is 1. The Morgan fingerprint density at radius 3 is 2.52 bits per heavy atom. The van der Waals surface area contributed by atoms with Crippen LogP contribution in [0.2, 0.25) is 0 Å². The van der Waals surface area contributed by atoms with E-state index in [0.29, 0.717) is 29.0 Å². The number of carbonyl (C=O) groups is 3. The third-order valence-corrected chi connectivity index (χ3v) is 7.95. The number of nitriles is 1. The molecule has 0 bridgehead atoms. The Morgan fingerprint density at radius 2 is 1.86 bits per heavy atom. The van der Waals surface area contributed by atoms with Gasteiger partial charge in [-0.05, 0) is 42.3 Å². The maximum absolute atomic E-state index is 13.8. The predicted molar refractivity (Wildman–Crippen MR) is 170 cm³/mol. The molecule has 2 aliphatic heterocycles. The van der Waals surface area contributed by atoms with E-state index in [-0.39, 0.29) is 5.56 Å². The first-order chi connectivity index (χ1) is 23.7. The molecule has 0 spiro atoms. The van der Waals surface area contributed by atoms with Crippen LogP contribution < -0.4 is 20.1 Å². The molecular weight excluding hydrogens is 671 g/mol. The van der Waals surface area contributed by atoms with E-state index < -0.39 is 55.4 Å². The molecule has 12 nitrogen and oxygen atoms in total. The zero-order valence-electron chi connectivity index (χ0n) is 26.9. The second kappa shape index (κ2) is 16.5. The number of hydrogen-bond acceptors (Lipinski definition) is 9. The number of piperazine rings is 1. The molecule has 3 aromatic rings. The van der Waals surface area contributed by atoms with E-state index in [1.54, 1.807) is 19.2 Å². The molecule has 2 aromatic carbocycles. The Morgan fingerprint density at radius 1 is 1.14 bits per heavy atom. The predicted octanol–water partition coefficient (Wildman–Crippen LogP) is 3.71. The first kappa shape index (κ1) is 37.7. The van der Waals surface area contributed by atoms with Crippen molar-refractivity contribution in [2.45, 2.75) is 31.0 Å². The highest BCUT2D eigenvalue weighted by molar-refractivity contribution is 6.07. The molecule has 3 heterocycles. The molecule has 0 radical (unpaired) electrons. The number of amides is 2. The molecular formula is C33H35F5N6O6.